The second-order valence-electron chi connectivity index (χ2n) is 8.20. The summed E-state index contributed by atoms with van der Waals surface area (Å²) in [6, 6.07) is 0. The van der Waals surface area contributed by atoms with E-state index in [9.17, 15) is 14.7 Å². The van der Waals surface area contributed by atoms with E-state index < -0.39 is 11.2 Å². The Morgan fingerprint density at radius 1 is 1.12 bits per heavy atom. The van der Waals surface area contributed by atoms with E-state index in [0.717, 1.165) is 12.8 Å². The minimum absolute atomic E-state index is 0.153. The van der Waals surface area contributed by atoms with Crippen LogP contribution in [-0.4, -0.2) is 70.0 Å². The summed E-state index contributed by atoms with van der Waals surface area (Å²) >= 11 is 4.11. The van der Waals surface area contributed by atoms with E-state index in [0.29, 0.717) is 51.2 Å². The summed E-state index contributed by atoms with van der Waals surface area (Å²) in [5, 5.41) is 11.1. The van der Waals surface area contributed by atoms with Crippen molar-refractivity contribution in [1.82, 2.24) is 9.80 Å². The fourth-order valence-corrected chi connectivity index (χ4v) is 3.92. The van der Waals surface area contributed by atoms with Gasteiger partial charge in [0.1, 0.15) is 5.60 Å². The molecule has 0 atom stereocenters. The lowest BCUT2D eigenvalue weighted by Gasteiger charge is -2.46. The van der Waals surface area contributed by atoms with Gasteiger partial charge >= 0.3 is 6.09 Å². The van der Waals surface area contributed by atoms with Crippen LogP contribution in [0.3, 0.4) is 0 Å². The molecule has 2 aliphatic rings. The second-order valence-corrected chi connectivity index (χ2v) is 8.65. The van der Waals surface area contributed by atoms with E-state index in [1.807, 2.05) is 25.7 Å². The zero-order valence-corrected chi connectivity index (χ0v) is 16.6. The van der Waals surface area contributed by atoms with Crippen molar-refractivity contribution < 1.29 is 19.4 Å². The third kappa shape index (κ3) is 5.51. The van der Waals surface area contributed by atoms with Crippen LogP contribution in [0.25, 0.3) is 0 Å². The van der Waals surface area contributed by atoms with E-state index in [4.69, 9.17) is 4.74 Å². The number of carbonyl (C=O) groups is 2. The van der Waals surface area contributed by atoms with Crippen molar-refractivity contribution in [3.05, 3.63) is 0 Å². The minimum atomic E-state index is -0.739. The number of piperidine rings is 2. The standard InChI is InChI=1S/C18H32N2O4S/c1-17(2,3)24-16(22)20-11-7-18(23,8-12-20)14-4-9-19(10-5-14)15(21)6-13-25/h14,23,25H,4-13H2,1-3H3. The molecule has 2 fully saturated rings. The number of hydrogen-bond donors (Lipinski definition) is 2. The smallest absolute Gasteiger partial charge is 0.410 e. The summed E-state index contributed by atoms with van der Waals surface area (Å²) in [7, 11) is 0. The van der Waals surface area contributed by atoms with Crippen LogP contribution in [0.4, 0.5) is 4.79 Å². The highest BCUT2D eigenvalue weighted by molar-refractivity contribution is 7.80. The highest BCUT2D eigenvalue weighted by Gasteiger charge is 2.42. The van der Waals surface area contributed by atoms with Crippen LogP contribution in [0, 0.1) is 5.92 Å². The van der Waals surface area contributed by atoms with Crippen molar-refractivity contribution in [3.8, 4) is 0 Å². The molecule has 2 rings (SSSR count). The lowest BCUT2D eigenvalue weighted by molar-refractivity contribution is -0.135. The molecule has 0 spiro atoms. The van der Waals surface area contributed by atoms with Crippen LogP contribution in [0.1, 0.15) is 52.9 Å². The quantitative estimate of drug-likeness (QED) is 0.746. The van der Waals surface area contributed by atoms with Crippen LogP contribution in [-0.2, 0) is 9.53 Å². The maximum absolute atomic E-state index is 12.2. The van der Waals surface area contributed by atoms with E-state index in [-0.39, 0.29) is 17.9 Å². The van der Waals surface area contributed by atoms with Gasteiger partial charge in [-0.3, -0.25) is 4.79 Å². The Balaban J connectivity index is 1.83. The third-order valence-electron chi connectivity index (χ3n) is 5.21. The lowest BCUT2D eigenvalue weighted by atomic mass is 9.74. The fraction of sp³-hybridized carbons (Fsp3) is 0.889. The predicted octanol–water partition coefficient (Wildman–Crippen LogP) is 2.31. The van der Waals surface area contributed by atoms with Crippen molar-refractivity contribution in [2.24, 2.45) is 5.92 Å². The molecule has 0 aromatic heterocycles. The number of thiol groups is 1. The maximum Gasteiger partial charge on any atom is 0.410 e. The molecular weight excluding hydrogens is 340 g/mol. The number of aliphatic hydroxyl groups is 1. The van der Waals surface area contributed by atoms with Gasteiger partial charge in [-0.1, -0.05) is 0 Å². The van der Waals surface area contributed by atoms with Crippen molar-refractivity contribution in [1.29, 1.82) is 0 Å². The Morgan fingerprint density at radius 3 is 2.16 bits per heavy atom. The Morgan fingerprint density at radius 2 is 1.68 bits per heavy atom. The number of rotatable bonds is 3. The van der Waals surface area contributed by atoms with Crippen molar-refractivity contribution >= 4 is 24.6 Å². The number of carbonyl (C=O) groups excluding carboxylic acids is 2. The number of amides is 2. The number of likely N-dealkylation sites (tertiary alicyclic amines) is 2. The monoisotopic (exact) mass is 372 g/mol. The zero-order valence-electron chi connectivity index (χ0n) is 15.7. The van der Waals surface area contributed by atoms with E-state index >= 15 is 0 Å². The minimum Gasteiger partial charge on any atom is -0.444 e. The highest BCUT2D eigenvalue weighted by atomic mass is 32.1. The summed E-state index contributed by atoms with van der Waals surface area (Å²) < 4.78 is 5.41. The van der Waals surface area contributed by atoms with Crippen molar-refractivity contribution in [2.75, 3.05) is 31.9 Å². The highest BCUT2D eigenvalue weighted by Crippen LogP contribution is 2.36. The van der Waals surface area contributed by atoms with Gasteiger partial charge in [0, 0.05) is 32.6 Å². The molecule has 0 aromatic rings. The summed E-state index contributed by atoms with van der Waals surface area (Å²) in [5.41, 5.74) is -1.24. The van der Waals surface area contributed by atoms with Gasteiger partial charge in [0.15, 0.2) is 0 Å². The average Bonchev–Trinajstić information content (AvgIpc) is 2.54. The summed E-state index contributed by atoms with van der Waals surface area (Å²) in [4.78, 5) is 27.7. The first kappa shape index (κ1) is 20.4. The predicted molar refractivity (Wildman–Crippen MR) is 99.8 cm³/mol. The molecular formula is C18H32N2O4S. The molecule has 0 unspecified atom stereocenters. The second kappa shape index (κ2) is 8.16. The Bertz CT molecular complexity index is 476. The SMILES string of the molecule is CC(C)(C)OC(=O)N1CCC(O)(C2CCN(C(=O)CCS)CC2)CC1. The Labute approximate surface area is 156 Å². The van der Waals surface area contributed by atoms with E-state index in [1.54, 1.807) is 4.90 Å². The molecule has 0 saturated carbocycles. The van der Waals surface area contributed by atoms with Gasteiger partial charge in [-0.2, -0.15) is 12.6 Å². The molecule has 0 aromatic carbocycles. The first-order chi connectivity index (χ1) is 11.6. The van der Waals surface area contributed by atoms with E-state index in [1.165, 1.54) is 0 Å². The van der Waals surface area contributed by atoms with Crippen LogP contribution >= 0.6 is 12.6 Å². The molecule has 2 aliphatic heterocycles. The van der Waals surface area contributed by atoms with Gasteiger partial charge in [0.25, 0.3) is 0 Å². The fourth-order valence-electron chi connectivity index (χ4n) is 3.73. The largest absolute Gasteiger partial charge is 0.444 e. The van der Waals surface area contributed by atoms with Gasteiger partial charge < -0.3 is 19.6 Å². The third-order valence-corrected chi connectivity index (χ3v) is 5.44. The zero-order chi connectivity index (χ0) is 18.7. The molecule has 25 heavy (non-hydrogen) atoms. The molecule has 0 bridgehead atoms. The van der Waals surface area contributed by atoms with Crippen molar-refractivity contribution in [3.63, 3.8) is 0 Å². The normalized spacial score (nSPS) is 22.0. The first-order valence-corrected chi connectivity index (χ1v) is 9.87. The molecule has 2 amide bonds. The Hall–Kier alpha value is -0.950. The van der Waals surface area contributed by atoms with Crippen LogP contribution in [0.15, 0.2) is 0 Å². The van der Waals surface area contributed by atoms with Crippen LogP contribution in [0.2, 0.25) is 0 Å². The Kier molecular flexibility index (Phi) is 6.65. The molecule has 1 N–H and O–H groups in total. The molecule has 0 aliphatic carbocycles. The summed E-state index contributed by atoms with van der Waals surface area (Å²) in [6.45, 7) is 8.01. The average molecular weight is 373 g/mol. The molecule has 7 heteroatoms. The van der Waals surface area contributed by atoms with E-state index in [2.05, 4.69) is 12.6 Å². The van der Waals surface area contributed by atoms with Gasteiger partial charge in [-0.15, -0.1) is 0 Å². The molecule has 6 nitrogen and oxygen atoms in total. The number of nitrogens with zero attached hydrogens (tertiary/aromatic N) is 2. The van der Waals surface area contributed by atoms with Crippen molar-refractivity contribution in [2.45, 2.75) is 64.1 Å². The number of ether oxygens (including phenoxy) is 1. The maximum atomic E-state index is 12.2. The van der Waals surface area contributed by atoms with Gasteiger partial charge in [0.05, 0.1) is 5.60 Å². The first-order valence-electron chi connectivity index (χ1n) is 9.23. The molecule has 2 saturated heterocycles. The van der Waals surface area contributed by atoms with Gasteiger partial charge in [0.2, 0.25) is 5.91 Å². The molecule has 144 valence electrons. The lowest BCUT2D eigenvalue weighted by Crippen LogP contribution is -2.53. The van der Waals surface area contributed by atoms with Crippen LogP contribution in [0.5, 0.6) is 0 Å². The molecule has 0 radical (unpaired) electrons. The van der Waals surface area contributed by atoms with Crippen LogP contribution < -0.4 is 0 Å². The summed E-state index contributed by atoms with van der Waals surface area (Å²) in [6.07, 6.45) is 2.95. The number of hydrogen-bond acceptors (Lipinski definition) is 5. The summed E-state index contributed by atoms with van der Waals surface area (Å²) in [5.74, 6) is 0.914. The van der Waals surface area contributed by atoms with Gasteiger partial charge in [-0.05, 0) is 58.1 Å². The van der Waals surface area contributed by atoms with Gasteiger partial charge in [-0.25, -0.2) is 4.79 Å². The molecule has 2 heterocycles. The topological polar surface area (TPSA) is 70.1 Å².